The fraction of sp³-hybridized carbons (Fsp3) is 0.318. The van der Waals surface area contributed by atoms with Crippen molar-refractivity contribution in [2.24, 2.45) is 5.92 Å². The van der Waals surface area contributed by atoms with Gasteiger partial charge in [0.1, 0.15) is 0 Å². The predicted molar refractivity (Wildman–Crippen MR) is 115 cm³/mol. The summed E-state index contributed by atoms with van der Waals surface area (Å²) in [5, 5.41) is 7.11. The normalized spacial score (nSPS) is 13.0. The highest BCUT2D eigenvalue weighted by atomic mass is 32.1. The van der Waals surface area contributed by atoms with Gasteiger partial charge < -0.3 is 15.4 Å². The van der Waals surface area contributed by atoms with E-state index in [1.54, 1.807) is 18.3 Å². The lowest BCUT2D eigenvalue weighted by atomic mass is 9.94. The molecule has 0 fully saturated rings. The highest BCUT2D eigenvalue weighted by Crippen LogP contribution is 2.23. The van der Waals surface area contributed by atoms with E-state index in [0.29, 0.717) is 13.0 Å². The Labute approximate surface area is 174 Å². The molecule has 0 aliphatic carbocycles. The van der Waals surface area contributed by atoms with E-state index in [0.717, 1.165) is 20.8 Å². The number of aromatic nitrogens is 1. The SMILES string of the molecule is COC(=O)[C@@H](C)[C@H](NCC(=O)NCCc1nc2ccccc2s1)c1ccccc1. The van der Waals surface area contributed by atoms with E-state index in [9.17, 15) is 9.59 Å². The van der Waals surface area contributed by atoms with Crippen molar-refractivity contribution in [3.63, 3.8) is 0 Å². The largest absolute Gasteiger partial charge is 0.469 e. The zero-order valence-electron chi connectivity index (χ0n) is 16.6. The van der Waals surface area contributed by atoms with Crippen LogP contribution in [-0.4, -0.2) is 37.1 Å². The number of benzene rings is 2. The van der Waals surface area contributed by atoms with Crippen molar-refractivity contribution in [3.8, 4) is 0 Å². The lowest BCUT2D eigenvalue weighted by molar-refractivity contribution is -0.146. The first-order chi connectivity index (χ1) is 14.1. The van der Waals surface area contributed by atoms with E-state index in [2.05, 4.69) is 15.6 Å². The molecule has 2 aromatic carbocycles. The first-order valence-electron chi connectivity index (χ1n) is 9.56. The molecule has 2 atom stereocenters. The number of fused-ring (bicyclic) bond motifs is 1. The van der Waals surface area contributed by atoms with Gasteiger partial charge in [-0.25, -0.2) is 4.98 Å². The van der Waals surface area contributed by atoms with Gasteiger partial charge in [0.25, 0.3) is 0 Å². The standard InChI is InChI=1S/C22H25N3O3S/c1-15(22(27)28-2)21(16-8-4-3-5-9-16)24-14-19(26)23-13-12-20-25-17-10-6-7-11-18(17)29-20/h3-11,15,21,24H,12-14H2,1-2H3,(H,23,26)/t15-,21-/m0/s1. The molecule has 0 saturated heterocycles. The number of carbonyl (C=O) groups excluding carboxylic acids is 2. The van der Waals surface area contributed by atoms with E-state index in [1.807, 2.05) is 54.6 Å². The Morgan fingerprint density at radius 2 is 1.83 bits per heavy atom. The number of methoxy groups -OCH3 is 1. The van der Waals surface area contributed by atoms with Gasteiger partial charge in [0.05, 0.1) is 34.8 Å². The minimum Gasteiger partial charge on any atom is -0.469 e. The summed E-state index contributed by atoms with van der Waals surface area (Å²) >= 11 is 1.64. The van der Waals surface area contributed by atoms with Crippen LogP contribution in [0.1, 0.15) is 23.5 Å². The van der Waals surface area contributed by atoms with Gasteiger partial charge in [0.15, 0.2) is 0 Å². The van der Waals surface area contributed by atoms with E-state index >= 15 is 0 Å². The number of nitrogens with one attached hydrogen (secondary N) is 2. The van der Waals surface area contributed by atoms with Gasteiger partial charge in [-0.2, -0.15) is 0 Å². The summed E-state index contributed by atoms with van der Waals surface area (Å²) in [6.45, 7) is 2.42. The lowest BCUT2D eigenvalue weighted by Gasteiger charge is -2.23. The van der Waals surface area contributed by atoms with Crippen molar-refractivity contribution in [1.82, 2.24) is 15.6 Å². The number of nitrogens with zero attached hydrogens (tertiary/aromatic N) is 1. The molecule has 0 unspecified atom stereocenters. The summed E-state index contributed by atoms with van der Waals surface area (Å²) < 4.78 is 6.03. The van der Waals surface area contributed by atoms with Gasteiger partial charge in [-0.05, 0) is 17.7 Å². The van der Waals surface area contributed by atoms with Crippen LogP contribution in [0, 0.1) is 5.92 Å². The number of amides is 1. The number of ether oxygens (including phenoxy) is 1. The molecule has 3 rings (SSSR count). The molecule has 3 aromatic rings. The first kappa shape index (κ1) is 21.0. The fourth-order valence-corrected chi connectivity index (χ4v) is 4.13. The fourth-order valence-electron chi connectivity index (χ4n) is 3.17. The third-order valence-corrected chi connectivity index (χ3v) is 5.81. The van der Waals surface area contributed by atoms with Gasteiger partial charge in [-0.3, -0.25) is 9.59 Å². The summed E-state index contributed by atoms with van der Waals surface area (Å²) in [6.07, 6.45) is 0.686. The topological polar surface area (TPSA) is 80.3 Å². The molecule has 0 bridgehead atoms. The quantitative estimate of drug-likeness (QED) is 0.529. The average molecular weight is 412 g/mol. The Hall–Kier alpha value is -2.77. The van der Waals surface area contributed by atoms with Crippen molar-refractivity contribution < 1.29 is 14.3 Å². The Morgan fingerprint density at radius 3 is 2.55 bits per heavy atom. The molecule has 0 spiro atoms. The molecular weight excluding hydrogens is 386 g/mol. The smallest absolute Gasteiger partial charge is 0.310 e. The van der Waals surface area contributed by atoms with E-state index < -0.39 is 5.92 Å². The molecule has 0 radical (unpaired) electrons. The second-order valence-electron chi connectivity index (χ2n) is 6.76. The van der Waals surface area contributed by atoms with Crippen LogP contribution in [0.5, 0.6) is 0 Å². The van der Waals surface area contributed by atoms with Gasteiger partial charge in [0, 0.05) is 19.0 Å². The number of hydrogen-bond acceptors (Lipinski definition) is 6. The van der Waals surface area contributed by atoms with Crippen LogP contribution in [-0.2, 0) is 20.7 Å². The average Bonchev–Trinajstić information content (AvgIpc) is 3.16. The van der Waals surface area contributed by atoms with Crippen LogP contribution in [0.4, 0.5) is 0 Å². The number of hydrogen-bond donors (Lipinski definition) is 2. The molecule has 2 N–H and O–H groups in total. The molecule has 1 heterocycles. The summed E-state index contributed by atoms with van der Waals surface area (Å²) in [7, 11) is 1.37. The van der Waals surface area contributed by atoms with Crippen molar-refractivity contribution in [2.75, 3.05) is 20.2 Å². The van der Waals surface area contributed by atoms with Crippen molar-refractivity contribution in [3.05, 3.63) is 65.2 Å². The van der Waals surface area contributed by atoms with Crippen molar-refractivity contribution in [1.29, 1.82) is 0 Å². The Kier molecular flexibility index (Phi) is 7.32. The summed E-state index contributed by atoms with van der Waals surface area (Å²) in [5.74, 6) is -0.857. The van der Waals surface area contributed by atoms with Gasteiger partial charge >= 0.3 is 5.97 Å². The molecule has 7 heteroatoms. The first-order valence-corrected chi connectivity index (χ1v) is 10.4. The Bertz CT molecular complexity index is 925. The third kappa shape index (κ3) is 5.62. The highest BCUT2D eigenvalue weighted by Gasteiger charge is 2.26. The molecule has 1 aromatic heterocycles. The van der Waals surface area contributed by atoms with Crippen LogP contribution in [0.2, 0.25) is 0 Å². The molecule has 0 saturated carbocycles. The van der Waals surface area contributed by atoms with E-state index in [1.165, 1.54) is 7.11 Å². The van der Waals surface area contributed by atoms with Crippen molar-refractivity contribution >= 4 is 33.4 Å². The second kappa shape index (κ2) is 10.1. The van der Waals surface area contributed by atoms with Crippen LogP contribution in [0.3, 0.4) is 0 Å². The minimum atomic E-state index is -0.419. The van der Waals surface area contributed by atoms with Gasteiger partial charge in [-0.15, -0.1) is 11.3 Å². The number of para-hydroxylation sites is 1. The van der Waals surface area contributed by atoms with E-state index in [4.69, 9.17) is 4.74 Å². The summed E-state index contributed by atoms with van der Waals surface area (Å²) in [5.41, 5.74) is 1.93. The predicted octanol–water partition coefficient (Wildman–Crippen LogP) is 3.10. The number of thiazole rings is 1. The van der Waals surface area contributed by atoms with Gasteiger partial charge in [-0.1, -0.05) is 49.4 Å². The summed E-state index contributed by atoms with van der Waals surface area (Å²) in [4.78, 5) is 28.9. The van der Waals surface area contributed by atoms with Crippen LogP contribution < -0.4 is 10.6 Å². The van der Waals surface area contributed by atoms with Crippen LogP contribution in [0.15, 0.2) is 54.6 Å². The second-order valence-corrected chi connectivity index (χ2v) is 7.87. The molecule has 152 valence electrons. The number of carbonyl (C=O) groups is 2. The molecule has 0 aliphatic rings. The zero-order valence-corrected chi connectivity index (χ0v) is 17.4. The highest BCUT2D eigenvalue weighted by molar-refractivity contribution is 7.18. The number of esters is 1. The lowest BCUT2D eigenvalue weighted by Crippen LogP contribution is -2.40. The third-order valence-electron chi connectivity index (χ3n) is 4.71. The van der Waals surface area contributed by atoms with Crippen molar-refractivity contribution in [2.45, 2.75) is 19.4 Å². The maximum Gasteiger partial charge on any atom is 0.310 e. The minimum absolute atomic E-state index is 0.112. The molecule has 29 heavy (non-hydrogen) atoms. The maximum absolute atomic E-state index is 12.3. The van der Waals surface area contributed by atoms with Gasteiger partial charge in [0.2, 0.25) is 5.91 Å². The van der Waals surface area contributed by atoms with E-state index in [-0.39, 0.29) is 24.5 Å². The number of rotatable bonds is 9. The molecule has 0 aliphatic heterocycles. The molecule has 6 nitrogen and oxygen atoms in total. The molecule has 1 amide bonds. The Balaban J connectivity index is 1.52. The Morgan fingerprint density at radius 1 is 1.10 bits per heavy atom. The molecular formula is C22H25N3O3S. The zero-order chi connectivity index (χ0) is 20.6. The summed E-state index contributed by atoms with van der Waals surface area (Å²) in [6, 6.07) is 17.3. The van der Waals surface area contributed by atoms with Crippen LogP contribution in [0.25, 0.3) is 10.2 Å². The maximum atomic E-state index is 12.3. The monoisotopic (exact) mass is 411 g/mol. The van der Waals surface area contributed by atoms with Crippen LogP contribution >= 0.6 is 11.3 Å².